The Balaban J connectivity index is 2.62. The molecule has 0 amide bonds. The van der Waals surface area contributed by atoms with Crippen molar-refractivity contribution in [3.8, 4) is 5.75 Å². The van der Waals surface area contributed by atoms with E-state index >= 15 is 0 Å². The van der Waals surface area contributed by atoms with Crippen LogP contribution in [0.4, 0.5) is 4.39 Å². The van der Waals surface area contributed by atoms with Crippen molar-refractivity contribution in [2.24, 2.45) is 11.7 Å². The molecule has 96 valence electrons. The second kappa shape index (κ2) is 7.28. The summed E-state index contributed by atoms with van der Waals surface area (Å²) in [5.74, 6) is 1.05. The number of hydrogen-bond acceptors (Lipinski definition) is 2. The van der Waals surface area contributed by atoms with Crippen molar-refractivity contribution < 1.29 is 9.13 Å². The van der Waals surface area contributed by atoms with Crippen molar-refractivity contribution in [1.82, 2.24) is 0 Å². The summed E-state index contributed by atoms with van der Waals surface area (Å²) >= 11 is 0. The molecule has 0 spiro atoms. The molecule has 0 fully saturated rings. The molecule has 1 atom stereocenters. The maximum atomic E-state index is 13.1. The number of rotatable bonds is 7. The van der Waals surface area contributed by atoms with Crippen molar-refractivity contribution in [1.29, 1.82) is 0 Å². The number of hydrogen-bond donors (Lipinski definition) is 1. The van der Waals surface area contributed by atoms with Gasteiger partial charge in [-0.15, -0.1) is 0 Å². The second-order valence-corrected chi connectivity index (χ2v) is 4.50. The molecule has 0 aromatic heterocycles. The Morgan fingerprint density at radius 2 is 2.18 bits per heavy atom. The molecule has 0 aliphatic heterocycles. The van der Waals surface area contributed by atoms with E-state index in [1.807, 2.05) is 0 Å². The van der Waals surface area contributed by atoms with E-state index in [1.165, 1.54) is 12.1 Å². The van der Waals surface area contributed by atoms with E-state index in [0.29, 0.717) is 25.5 Å². The maximum Gasteiger partial charge on any atom is 0.123 e. The fourth-order valence-electron chi connectivity index (χ4n) is 1.85. The van der Waals surface area contributed by atoms with E-state index < -0.39 is 0 Å². The molecule has 17 heavy (non-hydrogen) atoms. The van der Waals surface area contributed by atoms with E-state index in [0.717, 1.165) is 24.2 Å². The van der Waals surface area contributed by atoms with Crippen molar-refractivity contribution in [2.45, 2.75) is 33.1 Å². The average Bonchev–Trinajstić information content (AvgIpc) is 2.29. The lowest BCUT2D eigenvalue weighted by Crippen LogP contribution is -2.11. The molecule has 3 heteroatoms. The van der Waals surface area contributed by atoms with Crippen LogP contribution in [0.2, 0.25) is 0 Å². The Kier molecular flexibility index (Phi) is 5.98. The largest absolute Gasteiger partial charge is 0.493 e. The Labute approximate surface area is 103 Å². The van der Waals surface area contributed by atoms with Crippen LogP contribution in [0.5, 0.6) is 5.75 Å². The van der Waals surface area contributed by atoms with Crippen molar-refractivity contribution in [3.63, 3.8) is 0 Å². The zero-order valence-corrected chi connectivity index (χ0v) is 10.7. The summed E-state index contributed by atoms with van der Waals surface area (Å²) in [6, 6.07) is 4.63. The summed E-state index contributed by atoms with van der Waals surface area (Å²) in [4.78, 5) is 0. The Hall–Kier alpha value is -1.09. The molecule has 1 aromatic rings. The first kappa shape index (κ1) is 14.0. The highest BCUT2D eigenvalue weighted by Gasteiger charge is 2.07. The first-order valence-electron chi connectivity index (χ1n) is 6.28. The van der Waals surface area contributed by atoms with Crippen LogP contribution in [-0.2, 0) is 6.42 Å². The average molecular weight is 239 g/mol. The van der Waals surface area contributed by atoms with Crippen LogP contribution < -0.4 is 10.5 Å². The highest BCUT2D eigenvalue weighted by Crippen LogP contribution is 2.21. The summed E-state index contributed by atoms with van der Waals surface area (Å²) < 4.78 is 18.8. The smallest absolute Gasteiger partial charge is 0.123 e. The van der Waals surface area contributed by atoms with E-state index in [2.05, 4.69) is 13.8 Å². The van der Waals surface area contributed by atoms with Gasteiger partial charge < -0.3 is 10.5 Å². The van der Waals surface area contributed by atoms with Crippen molar-refractivity contribution in [2.75, 3.05) is 13.2 Å². The molecule has 2 N–H and O–H groups in total. The Bertz CT molecular complexity index is 341. The lowest BCUT2D eigenvalue weighted by molar-refractivity contribution is 0.249. The van der Waals surface area contributed by atoms with E-state index in [-0.39, 0.29) is 5.82 Å². The molecule has 0 bridgehead atoms. The van der Waals surface area contributed by atoms with Crippen LogP contribution in [0.3, 0.4) is 0 Å². The molecule has 1 unspecified atom stereocenters. The molecule has 0 heterocycles. The lowest BCUT2D eigenvalue weighted by atomic mass is 10.1. The van der Waals surface area contributed by atoms with Crippen molar-refractivity contribution in [3.05, 3.63) is 29.6 Å². The van der Waals surface area contributed by atoms with Crippen LogP contribution in [0.1, 0.15) is 32.3 Å². The van der Waals surface area contributed by atoms with Crippen LogP contribution in [0.25, 0.3) is 0 Å². The highest BCUT2D eigenvalue weighted by atomic mass is 19.1. The summed E-state index contributed by atoms with van der Waals surface area (Å²) in [6.45, 7) is 5.51. The fourth-order valence-corrected chi connectivity index (χ4v) is 1.85. The van der Waals surface area contributed by atoms with Gasteiger partial charge in [0.05, 0.1) is 6.61 Å². The van der Waals surface area contributed by atoms with Crippen LogP contribution in [0, 0.1) is 11.7 Å². The molecule has 1 aromatic carbocycles. The van der Waals surface area contributed by atoms with Gasteiger partial charge in [-0.05, 0) is 49.1 Å². The third kappa shape index (κ3) is 4.73. The molecule has 0 radical (unpaired) electrons. The van der Waals surface area contributed by atoms with E-state index in [9.17, 15) is 4.39 Å². The zero-order valence-electron chi connectivity index (χ0n) is 10.7. The maximum absolute atomic E-state index is 13.1. The summed E-state index contributed by atoms with van der Waals surface area (Å²) in [6.07, 6.45) is 2.95. The number of nitrogens with two attached hydrogens (primary N) is 1. The highest BCUT2D eigenvalue weighted by molar-refractivity contribution is 5.34. The molecule has 1 rings (SSSR count). The van der Waals surface area contributed by atoms with E-state index in [4.69, 9.17) is 10.5 Å². The predicted molar refractivity (Wildman–Crippen MR) is 68.7 cm³/mol. The second-order valence-electron chi connectivity index (χ2n) is 4.50. The quantitative estimate of drug-likeness (QED) is 0.793. The number of halogens is 1. The number of ether oxygens (including phenoxy) is 1. The minimum absolute atomic E-state index is 0.234. The summed E-state index contributed by atoms with van der Waals surface area (Å²) in [5, 5.41) is 0. The normalized spacial score (nSPS) is 12.5. The van der Waals surface area contributed by atoms with E-state index in [1.54, 1.807) is 6.07 Å². The molecule has 0 aliphatic carbocycles. The van der Waals surface area contributed by atoms with Crippen LogP contribution in [0.15, 0.2) is 18.2 Å². The lowest BCUT2D eigenvalue weighted by Gasteiger charge is -2.15. The fraction of sp³-hybridized carbons (Fsp3) is 0.571. The monoisotopic (exact) mass is 239 g/mol. The summed E-state index contributed by atoms with van der Waals surface area (Å²) in [7, 11) is 0. The summed E-state index contributed by atoms with van der Waals surface area (Å²) in [5.41, 5.74) is 6.36. The van der Waals surface area contributed by atoms with Gasteiger partial charge in [0.2, 0.25) is 0 Å². The SMILES string of the molecule is CCCC(C)COc1ccc(F)cc1CCN. The van der Waals surface area contributed by atoms with Gasteiger partial charge in [0.15, 0.2) is 0 Å². The van der Waals surface area contributed by atoms with Crippen LogP contribution in [-0.4, -0.2) is 13.2 Å². The standard InChI is InChI=1S/C14H22FNO/c1-3-4-11(2)10-17-14-6-5-13(15)9-12(14)7-8-16/h5-6,9,11H,3-4,7-8,10,16H2,1-2H3. The Morgan fingerprint density at radius 1 is 1.41 bits per heavy atom. The van der Waals surface area contributed by atoms with Gasteiger partial charge in [0.1, 0.15) is 11.6 Å². The van der Waals surface area contributed by atoms with Gasteiger partial charge in [-0.25, -0.2) is 4.39 Å². The molecule has 2 nitrogen and oxygen atoms in total. The number of benzene rings is 1. The third-order valence-electron chi connectivity index (χ3n) is 2.74. The van der Waals surface area contributed by atoms with Gasteiger partial charge >= 0.3 is 0 Å². The van der Waals surface area contributed by atoms with Gasteiger partial charge in [-0.3, -0.25) is 0 Å². The zero-order chi connectivity index (χ0) is 12.7. The van der Waals surface area contributed by atoms with Gasteiger partial charge in [-0.1, -0.05) is 20.3 Å². The van der Waals surface area contributed by atoms with Crippen molar-refractivity contribution >= 4 is 0 Å². The minimum Gasteiger partial charge on any atom is -0.493 e. The molecular formula is C14H22FNO. The first-order chi connectivity index (χ1) is 8.17. The molecule has 0 aliphatic rings. The van der Waals surface area contributed by atoms with Crippen LogP contribution >= 0.6 is 0 Å². The van der Waals surface area contributed by atoms with Gasteiger partial charge in [0.25, 0.3) is 0 Å². The van der Waals surface area contributed by atoms with Gasteiger partial charge in [-0.2, -0.15) is 0 Å². The topological polar surface area (TPSA) is 35.2 Å². The molecular weight excluding hydrogens is 217 g/mol. The molecule has 0 saturated carbocycles. The first-order valence-corrected chi connectivity index (χ1v) is 6.28. The minimum atomic E-state index is -0.234. The Morgan fingerprint density at radius 3 is 2.82 bits per heavy atom. The predicted octanol–water partition coefficient (Wildman–Crippen LogP) is 3.14. The van der Waals surface area contributed by atoms with Gasteiger partial charge in [0, 0.05) is 0 Å². The third-order valence-corrected chi connectivity index (χ3v) is 2.74. The molecule has 0 saturated heterocycles.